The Hall–Kier alpha value is -1.94. The van der Waals surface area contributed by atoms with Crippen molar-refractivity contribution in [3.63, 3.8) is 0 Å². The topological polar surface area (TPSA) is 237 Å². The molecule has 19 heteroatoms. The molecule has 600 valence electrons. The molecule has 0 saturated carbocycles. The lowest BCUT2D eigenvalue weighted by Gasteiger charge is -2.21. The highest BCUT2D eigenvalue weighted by Gasteiger charge is 2.30. The van der Waals surface area contributed by atoms with Gasteiger partial charge in [-0.3, -0.25) is 37.3 Å². The van der Waals surface area contributed by atoms with Crippen LogP contribution in [0.2, 0.25) is 0 Å². The van der Waals surface area contributed by atoms with Gasteiger partial charge in [0.2, 0.25) is 0 Å². The summed E-state index contributed by atoms with van der Waals surface area (Å²) in [5.41, 5.74) is 0. The van der Waals surface area contributed by atoms with Crippen LogP contribution in [0, 0.1) is 23.7 Å². The summed E-state index contributed by atoms with van der Waals surface area (Å²) < 4.78 is 68.7. The Labute approximate surface area is 619 Å². The quantitative estimate of drug-likeness (QED) is 0.0222. The third-order valence-corrected chi connectivity index (χ3v) is 21.7. The largest absolute Gasteiger partial charge is 0.472 e. The average molecular weight is 1480 g/mol. The van der Waals surface area contributed by atoms with Crippen molar-refractivity contribution in [2.75, 3.05) is 39.6 Å². The van der Waals surface area contributed by atoms with E-state index >= 15 is 0 Å². The van der Waals surface area contributed by atoms with Gasteiger partial charge in [0.25, 0.3) is 0 Å². The predicted molar refractivity (Wildman–Crippen MR) is 414 cm³/mol. The van der Waals surface area contributed by atoms with Crippen LogP contribution in [0.1, 0.15) is 421 Å². The van der Waals surface area contributed by atoms with Gasteiger partial charge in [0, 0.05) is 25.7 Å². The number of hydrogen-bond donors (Lipinski definition) is 3. The van der Waals surface area contributed by atoms with Crippen molar-refractivity contribution in [3.05, 3.63) is 0 Å². The Kier molecular flexibility index (Phi) is 69.6. The number of esters is 4. The monoisotopic (exact) mass is 1480 g/mol. The van der Waals surface area contributed by atoms with Crippen LogP contribution < -0.4 is 0 Å². The molecule has 0 aromatic heterocycles. The number of rotatable bonds is 79. The Morgan fingerprint density at radius 3 is 0.703 bits per heavy atom. The zero-order chi connectivity index (χ0) is 74.6. The first-order chi connectivity index (χ1) is 48.7. The first-order valence-electron chi connectivity index (χ1n) is 42.3. The molecule has 3 N–H and O–H groups in total. The van der Waals surface area contributed by atoms with E-state index in [1.807, 2.05) is 0 Å². The van der Waals surface area contributed by atoms with Gasteiger partial charge >= 0.3 is 39.5 Å². The summed E-state index contributed by atoms with van der Waals surface area (Å²) >= 11 is 0. The van der Waals surface area contributed by atoms with Crippen LogP contribution >= 0.6 is 15.6 Å². The molecule has 0 amide bonds. The minimum atomic E-state index is -4.96. The molecule has 4 unspecified atom stereocenters. The SMILES string of the molecule is CCC(C)CCCCCCCCCCCCCCCCC(=O)OC[C@H](COP(=O)(O)OC[C@@H](O)COP(=O)(O)OC[C@@H](COC(=O)CCCCCCCCC(C)CC)OC(=O)CCCCCCCCCCCCCC(C)C)OC(=O)CCCCCCCCCCCCCCCCCCC(C)C. The average Bonchev–Trinajstić information content (AvgIpc) is 0.944. The summed E-state index contributed by atoms with van der Waals surface area (Å²) in [4.78, 5) is 73.1. The maximum atomic E-state index is 13.1. The summed E-state index contributed by atoms with van der Waals surface area (Å²) in [5.74, 6) is 1.04. The number of carbonyl (C=O) groups is 4. The van der Waals surface area contributed by atoms with E-state index in [0.29, 0.717) is 25.7 Å². The molecule has 0 fully saturated rings. The first-order valence-corrected chi connectivity index (χ1v) is 45.3. The van der Waals surface area contributed by atoms with E-state index in [4.69, 9.17) is 37.0 Å². The fourth-order valence-corrected chi connectivity index (χ4v) is 14.1. The van der Waals surface area contributed by atoms with Crippen LogP contribution in [0.3, 0.4) is 0 Å². The lowest BCUT2D eigenvalue weighted by molar-refractivity contribution is -0.161. The lowest BCUT2D eigenvalue weighted by Crippen LogP contribution is -2.30. The van der Waals surface area contributed by atoms with E-state index in [1.165, 1.54) is 218 Å². The van der Waals surface area contributed by atoms with Gasteiger partial charge in [-0.1, -0.05) is 370 Å². The van der Waals surface area contributed by atoms with Crippen LogP contribution in [0.4, 0.5) is 0 Å². The molecule has 0 aliphatic rings. The van der Waals surface area contributed by atoms with Gasteiger partial charge in [-0.25, -0.2) is 9.13 Å². The van der Waals surface area contributed by atoms with Gasteiger partial charge in [0.05, 0.1) is 26.4 Å². The molecule has 101 heavy (non-hydrogen) atoms. The van der Waals surface area contributed by atoms with Crippen LogP contribution in [-0.2, 0) is 65.4 Å². The molecule has 0 aromatic rings. The van der Waals surface area contributed by atoms with E-state index in [2.05, 4.69) is 55.4 Å². The molecule has 7 atom stereocenters. The second-order valence-corrected chi connectivity index (χ2v) is 33.9. The van der Waals surface area contributed by atoms with Crippen molar-refractivity contribution in [2.45, 2.75) is 440 Å². The first kappa shape index (κ1) is 99.1. The van der Waals surface area contributed by atoms with E-state index in [9.17, 15) is 43.2 Å². The summed E-state index contributed by atoms with van der Waals surface area (Å²) in [6, 6.07) is 0. The summed E-state index contributed by atoms with van der Waals surface area (Å²) in [7, 11) is -9.92. The number of carbonyl (C=O) groups excluding carboxylic acids is 4. The van der Waals surface area contributed by atoms with E-state index in [0.717, 1.165) is 120 Å². The highest BCUT2D eigenvalue weighted by molar-refractivity contribution is 7.47. The molecule has 0 heterocycles. The molecule has 17 nitrogen and oxygen atoms in total. The molecule has 0 radical (unpaired) electrons. The Bertz CT molecular complexity index is 1980. The third kappa shape index (κ3) is 73.4. The van der Waals surface area contributed by atoms with Gasteiger partial charge in [-0.15, -0.1) is 0 Å². The summed E-state index contributed by atoms with van der Waals surface area (Å²) in [6.45, 7) is 14.3. The van der Waals surface area contributed by atoms with E-state index in [1.54, 1.807) is 0 Å². The van der Waals surface area contributed by atoms with Crippen molar-refractivity contribution in [3.8, 4) is 0 Å². The van der Waals surface area contributed by atoms with Crippen molar-refractivity contribution >= 4 is 39.5 Å². The Morgan fingerprint density at radius 1 is 0.277 bits per heavy atom. The zero-order valence-corrected chi connectivity index (χ0v) is 68.3. The number of ether oxygens (including phenoxy) is 4. The molecule has 0 rings (SSSR count). The lowest BCUT2D eigenvalue weighted by atomic mass is 9.99. The van der Waals surface area contributed by atoms with Crippen LogP contribution in [0.15, 0.2) is 0 Å². The fourth-order valence-electron chi connectivity index (χ4n) is 12.5. The van der Waals surface area contributed by atoms with Gasteiger partial charge in [0.1, 0.15) is 19.3 Å². The van der Waals surface area contributed by atoms with Crippen molar-refractivity contribution in [2.24, 2.45) is 23.7 Å². The molecule has 0 bridgehead atoms. The number of unbranched alkanes of at least 4 members (excludes halogenated alkanes) is 43. The molecular weight excluding hydrogens is 1320 g/mol. The standard InChI is InChI=1S/C82H160O17P2/c1-9-74(7)60-52-44-36-30-24-18-15-16-19-25-31-37-46-54-62-79(84)92-68-77(98-81(86)64-56-48-38-32-26-20-14-12-11-13-17-22-28-34-42-50-58-72(3)4)70-96-100(88,89)94-66-76(83)67-95-101(90,91)97-71-78(69-93-80(85)63-55-47-41-40-45-53-61-75(8)10-2)99-82(87)65-57-49-39-33-27-21-23-29-35-43-51-59-73(5)6/h72-78,83H,9-71H2,1-8H3,(H,88,89)(H,90,91)/t74?,75?,76-,77-,78-/m1/s1. The summed E-state index contributed by atoms with van der Waals surface area (Å²) in [5, 5.41) is 10.6. The van der Waals surface area contributed by atoms with Gasteiger partial charge in [-0.2, -0.15) is 0 Å². The minimum absolute atomic E-state index is 0.105. The van der Waals surface area contributed by atoms with Crippen molar-refractivity contribution in [1.29, 1.82) is 0 Å². The van der Waals surface area contributed by atoms with Crippen LogP contribution in [-0.4, -0.2) is 96.7 Å². The Balaban J connectivity index is 5.25. The molecule has 0 aromatic carbocycles. The maximum Gasteiger partial charge on any atom is 0.472 e. The number of aliphatic hydroxyl groups is 1. The molecule has 0 saturated heterocycles. The maximum absolute atomic E-state index is 13.1. The highest BCUT2D eigenvalue weighted by Crippen LogP contribution is 2.45. The van der Waals surface area contributed by atoms with Crippen molar-refractivity contribution in [1.82, 2.24) is 0 Å². The fraction of sp³-hybridized carbons (Fsp3) is 0.951. The van der Waals surface area contributed by atoms with E-state index in [-0.39, 0.29) is 25.7 Å². The van der Waals surface area contributed by atoms with Gasteiger partial charge in [0.15, 0.2) is 12.2 Å². The Morgan fingerprint density at radius 2 is 0.475 bits per heavy atom. The van der Waals surface area contributed by atoms with Crippen LogP contribution in [0.5, 0.6) is 0 Å². The summed E-state index contributed by atoms with van der Waals surface area (Å²) in [6.07, 6.45) is 58.2. The molecular formula is C82H160O17P2. The molecule has 0 spiro atoms. The second-order valence-electron chi connectivity index (χ2n) is 31.0. The van der Waals surface area contributed by atoms with Gasteiger partial charge < -0.3 is 33.8 Å². The van der Waals surface area contributed by atoms with Gasteiger partial charge in [-0.05, 0) is 49.4 Å². The van der Waals surface area contributed by atoms with Crippen LogP contribution in [0.25, 0.3) is 0 Å². The zero-order valence-electron chi connectivity index (χ0n) is 66.5. The third-order valence-electron chi connectivity index (χ3n) is 19.8. The smallest absolute Gasteiger partial charge is 0.462 e. The van der Waals surface area contributed by atoms with E-state index < -0.39 is 97.5 Å². The normalized spacial score (nSPS) is 14.5. The number of aliphatic hydroxyl groups excluding tert-OH is 1. The second kappa shape index (κ2) is 71.0. The molecule has 0 aliphatic heterocycles. The molecule has 0 aliphatic carbocycles. The predicted octanol–water partition coefficient (Wildman–Crippen LogP) is 24.4. The number of hydrogen-bond acceptors (Lipinski definition) is 15. The number of phosphoric ester groups is 2. The number of phosphoric acid groups is 2. The highest BCUT2D eigenvalue weighted by atomic mass is 31.2. The minimum Gasteiger partial charge on any atom is -0.462 e. The van der Waals surface area contributed by atoms with Crippen molar-refractivity contribution < 1.29 is 80.2 Å².